The molecule has 0 fully saturated rings. The Hall–Kier alpha value is -1.37. The average Bonchev–Trinajstić information content (AvgIpc) is 2.26. The standard InChI is InChI=1S/C13H18N2O/c1-10-5-3-6-11(2)13(10)12(9-14)15-7-4-8-16/h3,5-6,12,15-16H,4,7-8H2,1-2H3. The molecule has 2 N–H and O–H groups in total. The minimum atomic E-state index is -0.284. The number of nitrogens with one attached hydrogen (secondary N) is 1. The van der Waals surface area contributed by atoms with Crippen LogP contribution < -0.4 is 5.32 Å². The summed E-state index contributed by atoms with van der Waals surface area (Å²) in [7, 11) is 0. The molecule has 0 radical (unpaired) electrons. The topological polar surface area (TPSA) is 56.0 Å². The highest BCUT2D eigenvalue weighted by atomic mass is 16.3. The van der Waals surface area contributed by atoms with E-state index in [2.05, 4.69) is 11.4 Å². The Labute approximate surface area is 96.7 Å². The summed E-state index contributed by atoms with van der Waals surface area (Å²) < 4.78 is 0. The van der Waals surface area contributed by atoms with Crippen LogP contribution in [0.1, 0.15) is 29.2 Å². The summed E-state index contributed by atoms with van der Waals surface area (Å²) in [4.78, 5) is 0. The van der Waals surface area contributed by atoms with Gasteiger partial charge in [-0.1, -0.05) is 18.2 Å². The predicted octanol–water partition coefficient (Wildman–Crippen LogP) is 1.84. The molecule has 1 aromatic rings. The van der Waals surface area contributed by atoms with Crippen LogP contribution in [-0.2, 0) is 0 Å². The van der Waals surface area contributed by atoms with Gasteiger partial charge in [-0.3, -0.25) is 5.32 Å². The highest BCUT2D eigenvalue weighted by molar-refractivity contribution is 5.38. The summed E-state index contributed by atoms with van der Waals surface area (Å²) in [6, 6.07) is 8.01. The molecule has 0 aromatic heterocycles. The van der Waals surface area contributed by atoms with Gasteiger partial charge in [-0.15, -0.1) is 0 Å². The van der Waals surface area contributed by atoms with Crippen molar-refractivity contribution in [3.8, 4) is 6.07 Å². The molecule has 0 amide bonds. The third-order valence-corrected chi connectivity index (χ3v) is 2.64. The fraction of sp³-hybridized carbons (Fsp3) is 0.462. The van der Waals surface area contributed by atoms with E-state index in [1.165, 1.54) is 0 Å². The van der Waals surface area contributed by atoms with Crippen molar-refractivity contribution in [2.75, 3.05) is 13.2 Å². The average molecular weight is 218 g/mol. The first-order valence-corrected chi connectivity index (χ1v) is 5.50. The Morgan fingerprint density at radius 3 is 2.50 bits per heavy atom. The lowest BCUT2D eigenvalue weighted by Crippen LogP contribution is -2.23. The van der Waals surface area contributed by atoms with Crippen molar-refractivity contribution in [2.45, 2.75) is 26.3 Å². The normalized spacial score (nSPS) is 12.1. The van der Waals surface area contributed by atoms with E-state index >= 15 is 0 Å². The molecule has 1 rings (SSSR count). The third kappa shape index (κ3) is 3.06. The minimum Gasteiger partial charge on any atom is -0.396 e. The largest absolute Gasteiger partial charge is 0.396 e. The van der Waals surface area contributed by atoms with Gasteiger partial charge in [-0.25, -0.2) is 0 Å². The number of aliphatic hydroxyl groups excluding tert-OH is 1. The first kappa shape index (κ1) is 12.7. The molecule has 1 aromatic carbocycles. The lowest BCUT2D eigenvalue weighted by atomic mass is 9.97. The summed E-state index contributed by atoms with van der Waals surface area (Å²) in [6.45, 7) is 4.83. The molecular formula is C13H18N2O. The van der Waals surface area contributed by atoms with Gasteiger partial charge in [0.15, 0.2) is 0 Å². The van der Waals surface area contributed by atoms with Gasteiger partial charge in [-0.05, 0) is 43.5 Å². The SMILES string of the molecule is Cc1cccc(C)c1C(C#N)NCCCO. The van der Waals surface area contributed by atoms with Crippen LogP contribution in [0.5, 0.6) is 0 Å². The van der Waals surface area contributed by atoms with Crippen LogP contribution in [0, 0.1) is 25.2 Å². The molecule has 0 saturated carbocycles. The van der Waals surface area contributed by atoms with Crippen LogP contribution in [0.15, 0.2) is 18.2 Å². The van der Waals surface area contributed by atoms with Crippen LogP contribution in [0.3, 0.4) is 0 Å². The molecular weight excluding hydrogens is 200 g/mol. The first-order valence-electron chi connectivity index (χ1n) is 5.50. The smallest absolute Gasteiger partial charge is 0.121 e. The van der Waals surface area contributed by atoms with Crippen molar-refractivity contribution >= 4 is 0 Å². The molecule has 0 aliphatic rings. The second-order valence-corrected chi connectivity index (χ2v) is 3.90. The van der Waals surface area contributed by atoms with Crippen molar-refractivity contribution in [1.29, 1.82) is 5.26 Å². The molecule has 0 spiro atoms. The second kappa shape index (κ2) is 6.26. The van der Waals surface area contributed by atoms with Crippen LogP contribution in [0.25, 0.3) is 0 Å². The highest BCUT2D eigenvalue weighted by Gasteiger charge is 2.13. The predicted molar refractivity (Wildman–Crippen MR) is 64.0 cm³/mol. The van der Waals surface area contributed by atoms with Crippen molar-refractivity contribution in [3.05, 3.63) is 34.9 Å². The number of aryl methyl sites for hydroxylation is 2. The lowest BCUT2D eigenvalue weighted by molar-refractivity contribution is 0.285. The molecule has 3 nitrogen and oxygen atoms in total. The van der Waals surface area contributed by atoms with Crippen LogP contribution >= 0.6 is 0 Å². The molecule has 0 aliphatic heterocycles. The van der Waals surface area contributed by atoms with Gasteiger partial charge < -0.3 is 5.11 Å². The monoisotopic (exact) mass is 218 g/mol. The Balaban J connectivity index is 2.83. The van der Waals surface area contributed by atoms with Gasteiger partial charge in [0.2, 0.25) is 0 Å². The Kier molecular flexibility index (Phi) is 4.97. The zero-order valence-corrected chi connectivity index (χ0v) is 9.83. The Bertz CT molecular complexity index is 362. The second-order valence-electron chi connectivity index (χ2n) is 3.90. The molecule has 1 unspecified atom stereocenters. The molecule has 0 heterocycles. The molecule has 16 heavy (non-hydrogen) atoms. The fourth-order valence-electron chi connectivity index (χ4n) is 1.82. The van der Waals surface area contributed by atoms with Crippen molar-refractivity contribution < 1.29 is 5.11 Å². The summed E-state index contributed by atoms with van der Waals surface area (Å²) >= 11 is 0. The van der Waals surface area contributed by atoms with Crippen LogP contribution in [0.4, 0.5) is 0 Å². The fourth-order valence-corrected chi connectivity index (χ4v) is 1.82. The molecule has 86 valence electrons. The molecule has 1 atom stereocenters. The van der Waals surface area contributed by atoms with Crippen molar-refractivity contribution in [2.24, 2.45) is 0 Å². The van der Waals surface area contributed by atoms with E-state index < -0.39 is 0 Å². The number of aliphatic hydroxyl groups is 1. The van der Waals surface area contributed by atoms with Gasteiger partial charge in [0.05, 0.1) is 6.07 Å². The van der Waals surface area contributed by atoms with E-state index in [0.717, 1.165) is 16.7 Å². The van der Waals surface area contributed by atoms with Gasteiger partial charge >= 0.3 is 0 Å². The summed E-state index contributed by atoms with van der Waals surface area (Å²) in [5.74, 6) is 0. The lowest BCUT2D eigenvalue weighted by Gasteiger charge is -2.16. The molecule has 0 aliphatic carbocycles. The highest BCUT2D eigenvalue weighted by Crippen LogP contribution is 2.21. The maximum absolute atomic E-state index is 9.15. The van der Waals surface area contributed by atoms with E-state index in [9.17, 15) is 0 Å². The molecule has 3 heteroatoms. The molecule has 0 saturated heterocycles. The van der Waals surface area contributed by atoms with E-state index in [-0.39, 0.29) is 12.6 Å². The van der Waals surface area contributed by atoms with Crippen molar-refractivity contribution in [1.82, 2.24) is 5.32 Å². The van der Waals surface area contributed by atoms with Crippen molar-refractivity contribution in [3.63, 3.8) is 0 Å². The van der Waals surface area contributed by atoms with E-state index in [1.54, 1.807) is 0 Å². The zero-order chi connectivity index (χ0) is 12.0. The number of hydrogen-bond acceptors (Lipinski definition) is 3. The van der Waals surface area contributed by atoms with Gasteiger partial charge in [0.1, 0.15) is 6.04 Å². The van der Waals surface area contributed by atoms with E-state index in [0.29, 0.717) is 13.0 Å². The minimum absolute atomic E-state index is 0.151. The number of hydrogen-bond donors (Lipinski definition) is 2. The van der Waals surface area contributed by atoms with Gasteiger partial charge in [-0.2, -0.15) is 5.26 Å². The zero-order valence-electron chi connectivity index (χ0n) is 9.83. The van der Waals surface area contributed by atoms with Crippen LogP contribution in [0.2, 0.25) is 0 Å². The van der Waals surface area contributed by atoms with E-state index in [4.69, 9.17) is 10.4 Å². The Morgan fingerprint density at radius 2 is 2.00 bits per heavy atom. The summed E-state index contributed by atoms with van der Waals surface area (Å²) in [6.07, 6.45) is 0.670. The Morgan fingerprint density at radius 1 is 1.38 bits per heavy atom. The number of nitrogens with zero attached hydrogens (tertiary/aromatic N) is 1. The number of rotatable bonds is 5. The van der Waals surface area contributed by atoms with Crippen LogP contribution in [-0.4, -0.2) is 18.3 Å². The van der Waals surface area contributed by atoms with Gasteiger partial charge in [0, 0.05) is 6.61 Å². The summed E-state index contributed by atoms with van der Waals surface area (Å²) in [5.41, 5.74) is 3.31. The maximum atomic E-state index is 9.15. The maximum Gasteiger partial charge on any atom is 0.121 e. The number of nitriles is 1. The first-order chi connectivity index (χ1) is 7.70. The van der Waals surface area contributed by atoms with Gasteiger partial charge in [0.25, 0.3) is 0 Å². The summed E-state index contributed by atoms with van der Waals surface area (Å²) in [5, 5.41) is 21.0. The quantitative estimate of drug-likeness (QED) is 0.741. The molecule has 0 bridgehead atoms. The third-order valence-electron chi connectivity index (χ3n) is 2.64. The number of benzene rings is 1. The van der Waals surface area contributed by atoms with E-state index in [1.807, 2.05) is 32.0 Å².